The number of alkyl halides is 3. The van der Waals surface area contributed by atoms with Crippen LogP contribution in [0.2, 0.25) is 0 Å². The van der Waals surface area contributed by atoms with E-state index in [-0.39, 0.29) is 24.3 Å². The third-order valence-electron chi connectivity index (χ3n) is 4.90. The molecule has 0 radical (unpaired) electrons. The first kappa shape index (κ1) is 23.0. The van der Waals surface area contributed by atoms with Crippen LogP contribution >= 0.6 is 0 Å². The standard InChI is InChI=1S/C22H20F3N7O2/c1-13(33)29-16-8-15(14-2-3-19(28-11-14)32-7-6-26-20(34)12-32)9-17(10-16)30-21-27-5-4-18(31-21)22(23,24)25/h2-5,8-11H,6-7,12H2,1H3,(H,26,34)(H,29,33)(H,27,30,31). The third kappa shape index (κ3) is 5.57. The largest absolute Gasteiger partial charge is 0.433 e. The van der Waals surface area contributed by atoms with Gasteiger partial charge in [0.15, 0.2) is 0 Å². The second-order valence-electron chi connectivity index (χ2n) is 7.55. The molecule has 2 aromatic heterocycles. The number of hydrogen-bond acceptors (Lipinski definition) is 7. The van der Waals surface area contributed by atoms with E-state index in [9.17, 15) is 22.8 Å². The average molecular weight is 471 g/mol. The van der Waals surface area contributed by atoms with Crippen LogP contribution in [0, 0.1) is 0 Å². The van der Waals surface area contributed by atoms with Gasteiger partial charge in [-0.25, -0.2) is 15.0 Å². The van der Waals surface area contributed by atoms with E-state index in [1.807, 2.05) is 11.0 Å². The fourth-order valence-corrected chi connectivity index (χ4v) is 3.43. The number of pyridine rings is 1. The first-order valence-corrected chi connectivity index (χ1v) is 10.3. The van der Waals surface area contributed by atoms with Crippen molar-refractivity contribution in [3.63, 3.8) is 0 Å². The molecule has 0 bridgehead atoms. The van der Waals surface area contributed by atoms with Gasteiger partial charge in [0.2, 0.25) is 17.8 Å². The first-order chi connectivity index (χ1) is 16.2. The SMILES string of the molecule is CC(=O)Nc1cc(Nc2nccc(C(F)(F)F)n2)cc(-c2ccc(N3CCNC(=O)C3)nc2)c1. The molecule has 1 fully saturated rings. The fraction of sp³-hybridized carbons (Fsp3) is 0.227. The van der Waals surface area contributed by atoms with E-state index in [2.05, 4.69) is 30.9 Å². The Morgan fingerprint density at radius 1 is 1.09 bits per heavy atom. The van der Waals surface area contributed by atoms with Crippen molar-refractivity contribution >= 4 is 35.0 Å². The number of amides is 2. The van der Waals surface area contributed by atoms with E-state index in [0.717, 1.165) is 12.3 Å². The molecule has 3 N–H and O–H groups in total. The van der Waals surface area contributed by atoms with Gasteiger partial charge in [0.05, 0.1) is 6.54 Å². The normalized spacial score (nSPS) is 13.9. The summed E-state index contributed by atoms with van der Waals surface area (Å²) in [4.78, 5) is 36.9. The van der Waals surface area contributed by atoms with Crippen molar-refractivity contribution < 1.29 is 22.8 Å². The van der Waals surface area contributed by atoms with Crippen LogP contribution in [0.5, 0.6) is 0 Å². The number of rotatable bonds is 5. The first-order valence-electron chi connectivity index (χ1n) is 10.3. The van der Waals surface area contributed by atoms with Gasteiger partial charge in [0, 0.05) is 49.3 Å². The van der Waals surface area contributed by atoms with Crippen LogP contribution in [0.15, 0.2) is 48.8 Å². The number of nitrogens with zero attached hydrogens (tertiary/aromatic N) is 4. The summed E-state index contributed by atoms with van der Waals surface area (Å²) in [6, 6.07) is 9.32. The Labute approximate surface area is 192 Å². The highest BCUT2D eigenvalue weighted by Crippen LogP contribution is 2.31. The van der Waals surface area contributed by atoms with E-state index in [4.69, 9.17) is 0 Å². The van der Waals surface area contributed by atoms with Crippen molar-refractivity contribution in [3.05, 3.63) is 54.5 Å². The van der Waals surface area contributed by atoms with E-state index >= 15 is 0 Å². The van der Waals surface area contributed by atoms with Crippen LogP contribution in [0.4, 0.5) is 36.3 Å². The molecule has 3 heterocycles. The predicted molar refractivity (Wildman–Crippen MR) is 120 cm³/mol. The topological polar surface area (TPSA) is 112 Å². The number of aromatic nitrogens is 3. The Morgan fingerprint density at radius 2 is 1.88 bits per heavy atom. The van der Waals surface area contributed by atoms with E-state index in [1.165, 1.54) is 6.92 Å². The van der Waals surface area contributed by atoms with Gasteiger partial charge in [-0.15, -0.1) is 0 Å². The zero-order valence-corrected chi connectivity index (χ0v) is 18.0. The zero-order valence-electron chi connectivity index (χ0n) is 18.0. The molecule has 176 valence electrons. The molecular weight excluding hydrogens is 451 g/mol. The van der Waals surface area contributed by atoms with Crippen LogP contribution < -0.4 is 20.9 Å². The summed E-state index contributed by atoms with van der Waals surface area (Å²) in [5.41, 5.74) is 1.07. The Hall–Kier alpha value is -4.22. The summed E-state index contributed by atoms with van der Waals surface area (Å²) in [5, 5.41) is 8.19. The van der Waals surface area contributed by atoms with E-state index in [0.29, 0.717) is 41.4 Å². The number of nitrogens with one attached hydrogen (secondary N) is 3. The molecule has 0 aliphatic carbocycles. The second-order valence-corrected chi connectivity index (χ2v) is 7.55. The quantitative estimate of drug-likeness (QED) is 0.524. The van der Waals surface area contributed by atoms with Crippen LogP contribution in [-0.2, 0) is 15.8 Å². The minimum atomic E-state index is -4.61. The highest BCUT2D eigenvalue weighted by atomic mass is 19.4. The molecule has 34 heavy (non-hydrogen) atoms. The van der Waals surface area contributed by atoms with Gasteiger partial charge in [-0.1, -0.05) is 0 Å². The van der Waals surface area contributed by atoms with Crippen molar-refractivity contribution in [2.75, 3.05) is 35.2 Å². The van der Waals surface area contributed by atoms with Crippen molar-refractivity contribution in [1.29, 1.82) is 0 Å². The van der Waals surface area contributed by atoms with Crippen LogP contribution in [0.1, 0.15) is 12.6 Å². The highest BCUT2D eigenvalue weighted by molar-refractivity contribution is 5.91. The summed E-state index contributed by atoms with van der Waals surface area (Å²) in [7, 11) is 0. The molecule has 0 spiro atoms. The van der Waals surface area contributed by atoms with Gasteiger partial charge in [-0.05, 0) is 42.0 Å². The van der Waals surface area contributed by atoms with Gasteiger partial charge in [0.1, 0.15) is 11.5 Å². The lowest BCUT2D eigenvalue weighted by Crippen LogP contribution is -2.48. The third-order valence-corrected chi connectivity index (χ3v) is 4.90. The molecule has 0 unspecified atom stereocenters. The molecule has 9 nitrogen and oxygen atoms in total. The van der Waals surface area contributed by atoms with Crippen LogP contribution in [0.25, 0.3) is 11.1 Å². The van der Waals surface area contributed by atoms with Gasteiger partial charge in [-0.3, -0.25) is 9.59 Å². The zero-order chi connectivity index (χ0) is 24.3. The highest BCUT2D eigenvalue weighted by Gasteiger charge is 2.32. The van der Waals surface area contributed by atoms with Gasteiger partial charge in [0.25, 0.3) is 0 Å². The number of carbonyl (C=O) groups excluding carboxylic acids is 2. The maximum absolute atomic E-state index is 13.0. The number of piperazine rings is 1. The smallest absolute Gasteiger partial charge is 0.353 e. The molecule has 12 heteroatoms. The average Bonchev–Trinajstić information content (AvgIpc) is 2.78. The molecule has 0 saturated carbocycles. The summed E-state index contributed by atoms with van der Waals surface area (Å²) in [6.07, 6.45) is -1.97. The van der Waals surface area contributed by atoms with E-state index < -0.39 is 11.9 Å². The molecule has 1 aliphatic rings. The summed E-state index contributed by atoms with van der Waals surface area (Å²) in [6.45, 7) is 2.74. The van der Waals surface area contributed by atoms with E-state index in [1.54, 1.807) is 30.5 Å². The van der Waals surface area contributed by atoms with Crippen LogP contribution in [-0.4, -0.2) is 46.4 Å². The summed E-state index contributed by atoms with van der Waals surface area (Å²) < 4.78 is 39.0. The number of halogens is 3. The monoisotopic (exact) mass is 471 g/mol. The number of anilines is 4. The molecule has 0 atom stereocenters. The number of carbonyl (C=O) groups is 2. The molecule has 4 rings (SSSR count). The lowest BCUT2D eigenvalue weighted by Gasteiger charge is -2.27. The fourth-order valence-electron chi connectivity index (χ4n) is 3.43. The van der Waals surface area contributed by atoms with Crippen LogP contribution in [0.3, 0.4) is 0 Å². The van der Waals surface area contributed by atoms with Crippen molar-refractivity contribution in [2.45, 2.75) is 13.1 Å². The lowest BCUT2D eigenvalue weighted by molar-refractivity contribution is -0.141. The van der Waals surface area contributed by atoms with Gasteiger partial charge >= 0.3 is 6.18 Å². The minimum Gasteiger partial charge on any atom is -0.353 e. The number of hydrogen-bond donors (Lipinski definition) is 3. The Morgan fingerprint density at radius 3 is 2.56 bits per heavy atom. The molecule has 1 aliphatic heterocycles. The Kier molecular flexibility index (Phi) is 6.30. The van der Waals surface area contributed by atoms with Gasteiger partial charge < -0.3 is 20.9 Å². The van der Waals surface area contributed by atoms with Crippen molar-refractivity contribution in [1.82, 2.24) is 20.3 Å². The van der Waals surface area contributed by atoms with Crippen molar-refractivity contribution in [3.8, 4) is 11.1 Å². The molecular formula is C22H20F3N7O2. The molecule has 1 saturated heterocycles. The number of benzene rings is 1. The summed E-state index contributed by atoms with van der Waals surface area (Å²) >= 11 is 0. The van der Waals surface area contributed by atoms with Crippen molar-refractivity contribution in [2.24, 2.45) is 0 Å². The molecule has 2 amide bonds. The minimum absolute atomic E-state index is 0.0762. The molecule has 3 aromatic rings. The Bertz CT molecular complexity index is 1220. The summed E-state index contributed by atoms with van der Waals surface area (Å²) in [5.74, 6) is 0.0212. The predicted octanol–water partition coefficient (Wildman–Crippen LogP) is 3.20. The molecule has 1 aromatic carbocycles. The second kappa shape index (κ2) is 9.33. The van der Waals surface area contributed by atoms with Gasteiger partial charge in [-0.2, -0.15) is 13.2 Å². The maximum Gasteiger partial charge on any atom is 0.433 e. The Balaban J connectivity index is 1.63. The lowest BCUT2D eigenvalue weighted by atomic mass is 10.1. The maximum atomic E-state index is 13.0.